The summed E-state index contributed by atoms with van der Waals surface area (Å²) in [5, 5.41) is 5.22. The summed E-state index contributed by atoms with van der Waals surface area (Å²) in [5.74, 6) is 0.665. The standard InChI is InChI=1S/C25H24N4O/c1-15(2)16-8-10-17(11-9-16)18-12-21-23(22(30)13-18)24(26)20-14-27-29(25(20)28-21)19-6-4-3-5-7-19/h3-11,14-15,18H,12-13H2,1-2H3,(H2,26,28). The zero-order chi connectivity index (χ0) is 20.8. The largest absolute Gasteiger partial charge is 0.397 e. The first-order valence-electron chi connectivity index (χ1n) is 10.4. The van der Waals surface area contributed by atoms with Gasteiger partial charge in [-0.2, -0.15) is 5.10 Å². The lowest BCUT2D eigenvalue weighted by atomic mass is 9.80. The molecule has 0 saturated heterocycles. The summed E-state index contributed by atoms with van der Waals surface area (Å²) in [5.41, 5.74) is 12.4. The van der Waals surface area contributed by atoms with Gasteiger partial charge in [0.2, 0.25) is 0 Å². The molecule has 2 heterocycles. The van der Waals surface area contributed by atoms with E-state index < -0.39 is 0 Å². The maximum Gasteiger partial charge on any atom is 0.167 e. The van der Waals surface area contributed by atoms with Crippen molar-refractivity contribution in [2.45, 2.75) is 38.5 Å². The first-order chi connectivity index (χ1) is 14.5. The van der Waals surface area contributed by atoms with Crippen LogP contribution in [-0.2, 0) is 6.42 Å². The molecule has 0 fully saturated rings. The van der Waals surface area contributed by atoms with Gasteiger partial charge in [-0.25, -0.2) is 9.67 Å². The Bertz CT molecular complexity index is 1240. The second kappa shape index (κ2) is 7.10. The third-order valence-electron chi connectivity index (χ3n) is 6.06. The minimum Gasteiger partial charge on any atom is -0.397 e. The van der Waals surface area contributed by atoms with E-state index in [0.29, 0.717) is 35.7 Å². The van der Waals surface area contributed by atoms with Crippen LogP contribution in [0, 0.1) is 0 Å². The van der Waals surface area contributed by atoms with E-state index in [-0.39, 0.29) is 11.7 Å². The van der Waals surface area contributed by atoms with Gasteiger partial charge in [0.05, 0.1) is 34.2 Å². The Morgan fingerprint density at radius 2 is 1.77 bits per heavy atom. The summed E-state index contributed by atoms with van der Waals surface area (Å²) in [4.78, 5) is 17.9. The zero-order valence-electron chi connectivity index (χ0n) is 17.2. The average Bonchev–Trinajstić information content (AvgIpc) is 3.18. The van der Waals surface area contributed by atoms with Crippen LogP contribution >= 0.6 is 0 Å². The molecule has 1 aliphatic rings. The van der Waals surface area contributed by atoms with Gasteiger partial charge >= 0.3 is 0 Å². The van der Waals surface area contributed by atoms with Gasteiger partial charge < -0.3 is 5.73 Å². The Hall–Kier alpha value is -3.47. The molecule has 30 heavy (non-hydrogen) atoms. The first-order valence-corrected chi connectivity index (χ1v) is 10.4. The van der Waals surface area contributed by atoms with Crippen LogP contribution < -0.4 is 5.73 Å². The van der Waals surface area contributed by atoms with Crippen molar-refractivity contribution in [3.05, 3.63) is 83.2 Å². The van der Waals surface area contributed by atoms with E-state index in [1.54, 1.807) is 10.9 Å². The smallest absolute Gasteiger partial charge is 0.167 e. The van der Waals surface area contributed by atoms with Gasteiger partial charge in [0.15, 0.2) is 11.4 Å². The predicted molar refractivity (Wildman–Crippen MR) is 119 cm³/mol. The Labute approximate surface area is 175 Å². The van der Waals surface area contributed by atoms with E-state index in [9.17, 15) is 4.79 Å². The molecular weight excluding hydrogens is 372 g/mol. The topological polar surface area (TPSA) is 73.8 Å². The third-order valence-corrected chi connectivity index (χ3v) is 6.06. The van der Waals surface area contributed by atoms with Crippen LogP contribution in [0.1, 0.15) is 59.3 Å². The molecule has 2 aromatic heterocycles. The number of nitrogen functional groups attached to an aromatic ring is 1. The molecule has 1 unspecified atom stereocenters. The highest BCUT2D eigenvalue weighted by Gasteiger charge is 2.31. The Kier molecular flexibility index (Phi) is 4.39. The molecule has 1 atom stereocenters. The van der Waals surface area contributed by atoms with E-state index in [2.05, 4.69) is 43.2 Å². The molecule has 2 N–H and O–H groups in total. The highest BCUT2D eigenvalue weighted by atomic mass is 16.1. The van der Waals surface area contributed by atoms with Crippen LogP contribution in [0.2, 0.25) is 0 Å². The number of anilines is 1. The van der Waals surface area contributed by atoms with E-state index >= 15 is 0 Å². The Morgan fingerprint density at radius 1 is 1.03 bits per heavy atom. The summed E-state index contributed by atoms with van der Waals surface area (Å²) in [6, 6.07) is 18.5. The Morgan fingerprint density at radius 3 is 2.47 bits per heavy atom. The number of nitrogens with zero attached hydrogens (tertiary/aromatic N) is 3. The van der Waals surface area contributed by atoms with Gasteiger partial charge in [-0.15, -0.1) is 0 Å². The maximum atomic E-state index is 13.0. The van der Waals surface area contributed by atoms with Gasteiger partial charge in [0, 0.05) is 6.42 Å². The summed E-state index contributed by atoms with van der Waals surface area (Å²) >= 11 is 0. The lowest BCUT2D eigenvalue weighted by Gasteiger charge is -2.25. The number of nitrogens with two attached hydrogens (primary N) is 1. The normalized spacial score (nSPS) is 16.2. The number of ketones is 1. The fourth-order valence-electron chi connectivity index (χ4n) is 4.35. The summed E-state index contributed by atoms with van der Waals surface area (Å²) in [6.07, 6.45) is 2.86. The molecule has 0 saturated carbocycles. The number of hydrogen-bond donors (Lipinski definition) is 1. The van der Waals surface area contributed by atoms with Crippen molar-refractivity contribution in [3.63, 3.8) is 0 Å². The van der Waals surface area contributed by atoms with Gasteiger partial charge in [-0.05, 0) is 41.5 Å². The minimum atomic E-state index is 0.0635. The van der Waals surface area contributed by atoms with Crippen LogP contribution in [-0.4, -0.2) is 20.5 Å². The van der Waals surface area contributed by atoms with E-state index in [0.717, 1.165) is 16.8 Å². The van der Waals surface area contributed by atoms with E-state index in [1.165, 1.54) is 11.1 Å². The SMILES string of the molecule is CC(C)c1ccc(C2CC(=O)c3c(nc4c(cnn4-c4ccccc4)c3N)C2)cc1. The third kappa shape index (κ3) is 2.98. The monoisotopic (exact) mass is 396 g/mol. The number of benzene rings is 2. The van der Waals surface area contributed by atoms with Gasteiger partial charge in [-0.3, -0.25) is 4.79 Å². The number of fused-ring (bicyclic) bond motifs is 2. The lowest BCUT2D eigenvalue weighted by Crippen LogP contribution is -2.22. The minimum absolute atomic E-state index is 0.0635. The van der Waals surface area contributed by atoms with Crippen LogP contribution in [0.15, 0.2) is 60.8 Å². The first kappa shape index (κ1) is 18.6. The molecule has 5 heteroatoms. The average molecular weight is 396 g/mol. The number of aromatic nitrogens is 3. The van der Waals surface area contributed by atoms with Crippen molar-refractivity contribution < 1.29 is 4.79 Å². The lowest BCUT2D eigenvalue weighted by molar-refractivity contribution is 0.0964. The molecular formula is C25H24N4O. The molecule has 5 rings (SSSR count). The quantitative estimate of drug-likeness (QED) is 0.526. The molecule has 0 bridgehead atoms. The van der Waals surface area contributed by atoms with Crippen molar-refractivity contribution in [3.8, 4) is 5.69 Å². The van der Waals surface area contributed by atoms with Crippen molar-refractivity contribution in [1.29, 1.82) is 0 Å². The number of carbonyl (C=O) groups is 1. The van der Waals surface area contributed by atoms with Crippen LogP contribution in [0.4, 0.5) is 5.69 Å². The molecule has 0 radical (unpaired) electrons. The summed E-state index contributed by atoms with van der Waals surface area (Å²) in [7, 11) is 0. The number of rotatable bonds is 3. The molecule has 4 aromatic rings. The summed E-state index contributed by atoms with van der Waals surface area (Å²) in [6.45, 7) is 4.37. The highest BCUT2D eigenvalue weighted by Crippen LogP contribution is 2.37. The predicted octanol–water partition coefficient (Wildman–Crippen LogP) is 5.04. The number of carbonyl (C=O) groups excluding carboxylic acids is 1. The van der Waals surface area contributed by atoms with E-state index in [4.69, 9.17) is 10.7 Å². The summed E-state index contributed by atoms with van der Waals surface area (Å²) < 4.78 is 1.79. The fourth-order valence-corrected chi connectivity index (χ4v) is 4.35. The van der Waals surface area contributed by atoms with Gasteiger partial charge in [-0.1, -0.05) is 56.3 Å². The van der Waals surface area contributed by atoms with Crippen molar-refractivity contribution >= 4 is 22.5 Å². The highest BCUT2D eigenvalue weighted by molar-refractivity contribution is 6.09. The second-order valence-electron chi connectivity index (χ2n) is 8.33. The molecule has 1 aliphatic carbocycles. The molecule has 150 valence electrons. The molecule has 2 aromatic carbocycles. The number of pyridine rings is 1. The number of Topliss-reactive ketones (excluding diaryl/α,β-unsaturated/α-hetero) is 1. The van der Waals surface area contributed by atoms with E-state index in [1.807, 2.05) is 30.3 Å². The van der Waals surface area contributed by atoms with Crippen molar-refractivity contribution in [1.82, 2.24) is 14.8 Å². The number of para-hydroxylation sites is 1. The number of hydrogen-bond acceptors (Lipinski definition) is 4. The van der Waals surface area contributed by atoms with Gasteiger partial charge in [0.1, 0.15) is 0 Å². The molecule has 5 nitrogen and oxygen atoms in total. The second-order valence-corrected chi connectivity index (χ2v) is 8.33. The van der Waals surface area contributed by atoms with Crippen LogP contribution in [0.5, 0.6) is 0 Å². The fraction of sp³-hybridized carbons (Fsp3) is 0.240. The molecule has 0 aliphatic heterocycles. The van der Waals surface area contributed by atoms with Crippen LogP contribution in [0.25, 0.3) is 16.7 Å². The maximum absolute atomic E-state index is 13.0. The van der Waals surface area contributed by atoms with Crippen molar-refractivity contribution in [2.24, 2.45) is 0 Å². The van der Waals surface area contributed by atoms with Gasteiger partial charge in [0.25, 0.3) is 0 Å². The zero-order valence-corrected chi connectivity index (χ0v) is 17.2. The van der Waals surface area contributed by atoms with Crippen molar-refractivity contribution in [2.75, 3.05) is 5.73 Å². The molecule has 0 amide bonds. The molecule has 0 spiro atoms. The Balaban J connectivity index is 1.58. The van der Waals surface area contributed by atoms with Crippen LogP contribution in [0.3, 0.4) is 0 Å².